The first-order valence-electron chi connectivity index (χ1n) is 8.90. The lowest BCUT2D eigenvalue weighted by Gasteiger charge is -2.18. The second-order valence-corrected chi connectivity index (χ2v) is 6.25. The Bertz CT molecular complexity index is 782. The largest absolute Gasteiger partial charge is 0.449 e. The van der Waals surface area contributed by atoms with Crippen molar-refractivity contribution in [1.29, 1.82) is 0 Å². The van der Waals surface area contributed by atoms with Gasteiger partial charge in [0.1, 0.15) is 12.2 Å². The van der Waals surface area contributed by atoms with Crippen LogP contribution in [0.5, 0.6) is 0 Å². The van der Waals surface area contributed by atoms with Gasteiger partial charge in [-0.25, -0.2) is 9.59 Å². The standard InChI is InChI=1S/C18H25N3O6/c1-4-6-7-9-26-18(25)20-15-12(8-5-2)10-21(17(24)19-15)16-14(23)13(22)11(3)27-16/h10-11,13-14,16,22-23H,4,6-7,9H2,1-3H3,(H,19,20,24,25)/t11-,13?,14?,16-/m1/s1. The Morgan fingerprint density at radius 2 is 2.15 bits per heavy atom. The maximum Gasteiger partial charge on any atom is 0.412 e. The first-order valence-corrected chi connectivity index (χ1v) is 8.90. The van der Waals surface area contributed by atoms with E-state index in [0.717, 1.165) is 23.8 Å². The maximum absolute atomic E-state index is 12.4. The molecule has 4 atom stereocenters. The van der Waals surface area contributed by atoms with E-state index in [1.807, 2.05) is 6.92 Å². The molecule has 3 N–H and O–H groups in total. The zero-order valence-electron chi connectivity index (χ0n) is 15.6. The molecule has 2 rings (SSSR count). The molecule has 0 aliphatic carbocycles. The molecule has 1 aliphatic heterocycles. The van der Waals surface area contributed by atoms with Crippen molar-refractivity contribution >= 4 is 11.9 Å². The van der Waals surface area contributed by atoms with Crippen molar-refractivity contribution in [3.8, 4) is 11.8 Å². The molecule has 2 unspecified atom stereocenters. The Morgan fingerprint density at radius 1 is 1.41 bits per heavy atom. The molecule has 1 aromatic rings. The van der Waals surface area contributed by atoms with Crippen molar-refractivity contribution in [2.45, 2.75) is 64.6 Å². The van der Waals surface area contributed by atoms with Crippen LogP contribution in [0.4, 0.5) is 10.6 Å². The van der Waals surface area contributed by atoms with Gasteiger partial charge in [-0.3, -0.25) is 9.88 Å². The summed E-state index contributed by atoms with van der Waals surface area (Å²) in [5, 5.41) is 22.4. The number of aliphatic hydroxyl groups is 2. The highest BCUT2D eigenvalue weighted by Crippen LogP contribution is 2.28. The summed E-state index contributed by atoms with van der Waals surface area (Å²) in [6.45, 7) is 5.49. The van der Waals surface area contributed by atoms with E-state index in [2.05, 4.69) is 22.1 Å². The van der Waals surface area contributed by atoms with Gasteiger partial charge in [0, 0.05) is 6.20 Å². The minimum atomic E-state index is -1.29. The number of hydrogen-bond acceptors (Lipinski definition) is 7. The van der Waals surface area contributed by atoms with Crippen molar-refractivity contribution in [2.24, 2.45) is 0 Å². The monoisotopic (exact) mass is 379 g/mol. The fraction of sp³-hybridized carbons (Fsp3) is 0.611. The zero-order chi connectivity index (χ0) is 20.0. The SMILES string of the molecule is CC#Cc1cn([C@@H]2O[C@H](C)C(O)C2O)c(=O)nc1NC(=O)OCCCCC. The third-order valence-electron chi connectivity index (χ3n) is 4.16. The van der Waals surface area contributed by atoms with Gasteiger partial charge in [0.15, 0.2) is 12.0 Å². The number of carbonyl (C=O) groups is 1. The van der Waals surface area contributed by atoms with Crippen LogP contribution in [0.3, 0.4) is 0 Å². The molecule has 1 amide bonds. The van der Waals surface area contributed by atoms with Gasteiger partial charge >= 0.3 is 11.8 Å². The summed E-state index contributed by atoms with van der Waals surface area (Å²) in [6.07, 6.45) is -0.851. The smallest absolute Gasteiger partial charge is 0.412 e. The normalized spacial score (nSPS) is 24.2. The lowest BCUT2D eigenvalue weighted by molar-refractivity contribution is -0.0350. The fourth-order valence-corrected chi connectivity index (χ4v) is 2.68. The van der Waals surface area contributed by atoms with Crippen LogP contribution in [0, 0.1) is 11.8 Å². The van der Waals surface area contributed by atoms with Crippen molar-refractivity contribution < 1.29 is 24.5 Å². The van der Waals surface area contributed by atoms with Crippen molar-refractivity contribution in [1.82, 2.24) is 9.55 Å². The Kier molecular flexibility index (Phi) is 7.36. The van der Waals surface area contributed by atoms with Gasteiger partial charge in [-0.1, -0.05) is 25.7 Å². The second kappa shape index (κ2) is 9.50. The van der Waals surface area contributed by atoms with Crippen LogP contribution in [-0.2, 0) is 9.47 Å². The summed E-state index contributed by atoms with van der Waals surface area (Å²) in [5.74, 6) is 5.38. The molecule has 27 heavy (non-hydrogen) atoms. The quantitative estimate of drug-likeness (QED) is 0.497. The molecule has 2 heterocycles. The summed E-state index contributed by atoms with van der Waals surface area (Å²) < 4.78 is 11.5. The highest BCUT2D eigenvalue weighted by atomic mass is 16.6. The first-order chi connectivity index (χ1) is 12.9. The summed E-state index contributed by atoms with van der Waals surface area (Å²) in [5.41, 5.74) is -0.504. The topological polar surface area (TPSA) is 123 Å². The molecule has 1 aliphatic rings. The summed E-state index contributed by atoms with van der Waals surface area (Å²) in [4.78, 5) is 28.1. The molecule has 0 spiro atoms. The third-order valence-corrected chi connectivity index (χ3v) is 4.16. The minimum Gasteiger partial charge on any atom is -0.449 e. The number of anilines is 1. The molecule has 0 aromatic carbocycles. The van der Waals surface area contributed by atoms with E-state index in [4.69, 9.17) is 9.47 Å². The molecular formula is C18H25N3O6. The Morgan fingerprint density at radius 3 is 2.74 bits per heavy atom. The molecule has 9 nitrogen and oxygen atoms in total. The minimum absolute atomic E-state index is 0.0350. The molecule has 1 fully saturated rings. The van der Waals surface area contributed by atoms with Crippen LogP contribution in [0.2, 0.25) is 0 Å². The van der Waals surface area contributed by atoms with E-state index < -0.39 is 36.3 Å². The predicted octanol–water partition coefficient (Wildman–Crippen LogP) is 0.992. The van der Waals surface area contributed by atoms with E-state index in [-0.39, 0.29) is 18.0 Å². The lowest BCUT2D eigenvalue weighted by atomic mass is 10.1. The van der Waals surface area contributed by atoms with E-state index in [1.165, 1.54) is 6.20 Å². The Hall–Kier alpha value is -2.41. The highest BCUT2D eigenvalue weighted by molar-refractivity contribution is 5.84. The molecular weight excluding hydrogens is 354 g/mol. The van der Waals surface area contributed by atoms with E-state index in [1.54, 1.807) is 13.8 Å². The third kappa shape index (κ3) is 5.07. The van der Waals surface area contributed by atoms with E-state index in [9.17, 15) is 19.8 Å². The average Bonchev–Trinajstić information content (AvgIpc) is 2.88. The summed E-state index contributed by atoms with van der Waals surface area (Å²) in [7, 11) is 0. The van der Waals surface area contributed by atoms with Crippen LogP contribution in [0.1, 0.15) is 51.8 Å². The first kappa shape index (κ1) is 20.9. The van der Waals surface area contributed by atoms with Crippen LogP contribution in [0.25, 0.3) is 0 Å². The molecule has 0 saturated carbocycles. The maximum atomic E-state index is 12.4. The van der Waals surface area contributed by atoms with Gasteiger partial charge in [0.25, 0.3) is 0 Å². The second-order valence-electron chi connectivity index (χ2n) is 6.25. The molecule has 1 saturated heterocycles. The molecule has 1 aromatic heterocycles. The van der Waals surface area contributed by atoms with Gasteiger partial charge in [-0.15, -0.1) is 5.92 Å². The van der Waals surface area contributed by atoms with E-state index in [0.29, 0.717) is 0 Å². The number of carbonyl (C=O) groups excluding carboxylic acids is 1. The van der Waals surface area contributed by atoms with Crippen LogP contribution < -0.4 is 11.0 Å². The summed E-state index contributed by atoms with van der Waals surface area (Å²) >= 11 is 0. The number of ether oxygens (including phenoxy) is 2. The number of rotatable bonds is 6. The van der Waals surface area contributed by atoms with Crippen LogP contribution >= 0.6 is 0 Å². The van der Waals surface area contributed by atoms with Crippen molar-refractivity contribution in [3.05, 3.63) is 22.2 Å². The van der Waals surface area contributed by atoms with Crippen molar-refractivity contribution in [3.63, 3.8) is 0 Å². The van der Waals surface area contributed by atoms with Gasteiger partial charge in [-0.2, -0.15) is 4.98 Å². The zero-order valence-corrected chi connectivity index (χ0v) is 15.6. The average molecular weight is 379 g/mol. The molecule has 0 bridgehead atoms. The summed E-state index contributed by atoms with van der Waals surface area (Å²) in [6, 6.07) is 0. The van der Waals surface area contributed by atoms with Crippen molar-refractivity contribution in [2.75, 3.05) is 11.9 Å². The lowest BCUT2D eigenvalue weighted by Crippen LogP contribution is -2.36. The number of unbranched alkanes of at least 4 members (excludes halogenated alkanes) is 2. The number of nitrogens with one attached hydrogen (secondary N) is 1. The fourth-order valence-electron chi connectivity index (χ4n) is 2.68. The van der Waals surface area contributed by atoms with Crippen LogP contribution in [0.15, 0.2) is 11.0 Å². The molecule has 0 radical (unpaired) electrons. The molecule has 148 valence electrons. The Labute approximate surface area is 157 Å². The highest BCUT2D eigenvalue weighted by Gasteiger charge is 2.42. The number of aromatic nitrogens is 2. The van der Waals surface area contributed by atoms with Crippen LogP contribution in [-0.4, -0.2) is 50.8 Å². The Balaban J connectivity index is 2.22. The molecule has 9 heteroatoms. The van der Waals surface area contributed by atoms with E-state index >= 15 is 0 Å². The number of nitrogens with zero attached hydrogens (tertiary/aromatic N) is 2. The predicted molar refractivity (Wildman–Crippen MR) is 97.1 cm³/mol. The van der Waals surface area contributed by atoms with Gasteiger partial charge < -0.3 is 19.7 Å². The number of hydrogen-bond donors (Lipinski definition) is 3. The van der Waals surface area contributed by atoms with Gasteiger partial charge in [0.2, 0.25) is 0 Å². The number of amides is 1. The number of aliphatic hydroxyl groups excluding tert-OH is 2. The van der Waals surface area contributed by atoms with Gasteiger partial charge in [0.05, 0.1) is 18.3 Å². The van der Waals surface area contributed by atoms with Gasteiger partial charge in [-0.05, 0) is 20.3 Å².